The van der Waals surface area contributed by atoms with Crippen LogP contribution in [0.3, 0.4) is 0 Å². The van der Waals surface area contributed by atoms with Gasteiger partial charge in [-0.05, 0) is 37.9 Å². The third-order valence-electron chi connectivity index (χ3n) is 3.36. The fourth-order valence-electron chi connectivity index (χ4n) is 2.13. The number of rotatable bonds is 7. The SMILES string of the molecule is CCCCN(CC(=O)c1cccc(Cl)c1)C1CC1. The van der Waals surface area contributed by atoms with Gasteiger partial charge in [0, 0.05) is 16.6 Å². The van der Waals surface area contributed by atoms with E-state index in [0.29, 0.717) is 17.6 Å². The molecule has 0 aromatic heterocycles. The number of ketones is 1. The van der Waals surface area contributed by atoms with E-state index in [1.165, 1.54) is 25.7 Å². The molecular weight excluding hydrogens is 246 g/mol. The molecule has 0 aliphatic heterocycles. The predicted molar refractivity (Wildman–Crippen MR) is 75.3 cm³/mol. The van der Waals surface area contributed by atoms with Gasteiger partial charge >= 0.3 is 0 Å². The number of carbonyl (C=O) groups is 1. The summed E-state index contributed by atoms with van der Waals surface area (Å²) in [4.78, 5) is 14.5. The van der Waals surface area contributed by atoms with Gasteiger partial charge in [0.15, 0.2) is 5.78 Å². The Kier molecular flexibility index (Phi) is 4.79. The lowest BCUT2D eigenvalue weighted by molar-refractivity contribution is 0.0923. The van der Waals surface area contributed by atoms with E-state index in [1.54, 1.807) is 12.1 Å². The topological polar surface area (TPSA) is 20.3 Å². The van der Waals surface area contributed by atoms with E-state index in [9.17, 15) is 4.79 Å². The van der Waals surface area contributed by atoms with E-state index in [1.807, 2.05) is 12.1 Å². The van der Waals surface area contributed by atoms with Crippen LogP contribution in [-0.2, 0) is 0 Å². The largest absolute Gasteiger partial charge is 0.293 e. The molecule has 2 nitrogen and oxygen atoms in total. The Labute approximate surface area is 114 Å². The van der Waals surface area contributed by atoms with Crippen LogP contribution in [0, 0.1) is 0 Å². The summed E-state index contributed by atoms with van der Waals surface area (Å²) in [5, 5.41) is 0.632. The van der Waals surface area contributed by atoms with E-state index in [4.69, 9.17) is 11.6 Å². The monoisotopic (exact) mass is 265 g/mol. The summed E-state index contributed by atoms with van der Waals surface area (Å²) in [6.45, 7) is 3.75. The van der Waals surface area contributed by atoms with Crippen LogP contribution < -0.4 is 0 Å². The Balaban J connectivity index is 1.95. The average Bonchev–Trinajstić information content (AvgIpc) is 3.18. The van der Waals surface area contributed by atoms with Crippen molar-refractivity contribution in [3.8, 4) is 0 Å². The summed E-state index contributed by atoms with van der Waals surface area (Å²) < 4.78 is 0. The number of hydrogen-bond donors (Lipinski definition) is 0. The normalized spacial score (nSPS) is 15.1. The van der Waals surface area contributed by atoms with Crippen LogP contribution >= 0.6 is 11.6 Å². The van der Waals surface area contributed by atoms with E-state index < -0.39 is 0 Å². The van der Waals surface area contributed by atoms with Crippen molar-refractivity contribution in [2.45, 2.75) is 38.6 Å². The fraction of sp³-hybridized carbons (Fsp3) is 0.533. The molecule has 0 spiro atoms. The number of Topliss-reactive ketones (excluding diaryl/α,β-unsaturated/α-hetero) is 1. The second kappa shape index (κ2) is 6.35. The number of hydrogen-bond acceptors (Lipinski definition) is 2. The van der Waals surface area contributed by atoms with Crippen LogP contribution in [0.25, 0.3) is 0 Å². The van der Waals surface area contributed by atoms with E-state index in [-0.39, 0.29) is 5.78 Å². The highest BCUT2D eigenvalue weighted by molar-refractivity contribution is 6.31. The molecule has 0 N–H and O–H groups in total. The Bertz CT molecular complexity index is 415. The highest BCUT2D eigenvalue weighted by Crippen LogP contribution is 2.27. The van der Waals surface area contributed by atoms with E-state index in [0.717, 1.165) is 12.1 Å². The molecular formula is C15H20ClNO. The second-order valence-corrected chi connectivity index (χ2v) is 5.43. The quantitative estimate of drug-likeness (QED) is 0.699. The van der Waals surface area contributed by atoms with Gasteiger partial charge in [0.1, 0.15) is 0 Å². The molecule has 1 aliphatic carbocycles. The number of nitrogens with zero attached hydrogens (tertiary/aromatic N) is 1. The van der Waals surface area contributed by atoms with Crippen molar-refractivity contribution in [2.24, 2.45) is 0 Å². The number of carbonyl (C=O) groups excluding carboxylic acids is 1. The van der Waals surface area contributed by atoms with Crippen molar-refractivity contribution in [1.29, 1.82) is 0 Å². The summed E-state index contributed by atoms with van der Waals surface area (Å²) in [6, 6.07) is 7.88. The van der Waals surface area contributed by atoms with Crippen LogP contribution in [0.15, 0.2) is 24.3 Å². The van der Waals surface area contributed by atoms with Gasteiger partial charge in [0.2, 0.25) is 0 Å². The minimum Gasteiger partial charge on any atom is -0.293 e. The van der Waals surface area contributed by atoms with Gasteiger partial charge in [-0.15, -0.1) is 0 Å². The molecule has 1 aliphatic rings. The molecule has 2 rings (SSSR count). The Hall–Kier alpha value is -0.860. The first kappa shape index (κ1) is 13.6. The Morgan fingerprint density at radius 3 is 2.83 bits per heavy atom. The molecule has 0 atom stereocenters. The number of halogens is 1. The highest BCUT2D eigenvalue weighted by Gasteiger charge is 2.29. The predicted octanol–water partition coefficient (Wildman–Crippen LogP) is 3.79. The Morgan fingerprint density at radius 2 is 2.22 bits per heavy atom. The van der Waals surface area contributed by atoms with Crippen LogP contribution in [0.4, 0.5) is 0 Å². The summed E-state index contributed by atoms with van der Waals surface area (Å²) in [5.74, 6) is 0.181. The zero-order valence-corrected chi connectivity index (χ0v) is 11.6. The molecule has 1 saturated carbocycles. The van der Waals surface area contributed by atoms with Crippen molar-refractivity contribution in [3.63, 3.8) is 0 Å². The molecule has 0 bridgehead atoms. The van der Waals surface area contributed by atoms with Gasteiger partial charge in [0.05, 0.1) is 6.54 Å². The number of benzene rings is 1. The maximum absolute atomic E-state index is 12.2. The smallest absolute Gasteiger partial charge is 0.176 e. The van der Waals surface area contributed by atoms with Gasteiger partial charge in [-0.25, -0.2) is 0 Å². The van der Waals surface area contributed by atoms with Crippen LogP contribution in [0.5, 0.6) is 0 Å². The van der Waals surface area contributed by atoms with Crippen molar-refractivity contribution >= 4 is 17.4 Å². The standard InChI is InChI=1S/C15H20ClNO/c1-2-3-9-17(14-7-8-14)11-15(18)12-5-4-6-13(16)10-12/h4-6,10,14H,2-3,7-9,11H2,1H3. The first-order chi connectivity index (χ1) is 8.70. The highest BCUT2D eigenvalue weighted by atomic mass is 35.5. The number of unbranched alkanes of at least 4 members (excludes halogenated alkanes) is 1. The molecule has 1 aromatic rings. The van der Waals surface area contributed by atoms with Crippen LogP contribution in [-0.4, -0.2) is 29.8 Å². The van der Waals surface area contributed by atoms with Gasteiger partial charge in [-0.2, -0.15) is 0 Å². The minimum atomic E-state index is 0.181. The Morgan fingerprint density at radius 1 is 1.44 bits per heavy atom. The lowest BCUT2D eigenvalue weighted by Gasteiger charge is -2.20. The molecule has 0 amide bonds. The minimum absolute atomic E-state index is 0.181. The maximum atomic E-state index is 12.2. The molecule has 18 heavy (non-hydrogen) atoms. The van der Waals surface area contributed by atoms with Gasteiger partial charge < -0.3 is 0 Å². The van der Waals surface area contributed by atoms with E-state index >= 15 is 0 Å². The molecule has 3 heteroatoms. The third-order valence-corrected chi connectivity index (χ3v) is 3.59. The molecule has 1 fully saturated rings. The van der Waals surface area contributed by atoms with Crippen LogP contribution in [0.2, 0.25) is 5.02 Å². The second-order valence-electron chi connectivity index (χ2n) is 4.99. The summed E-state index contributed by atoms with van der Waals surface area (Å²) >= 11 is 5.92. The summed E-state index contributed by atoms with van der Waals surface area (Å²) in [6.07, 6.45) is 4.83. The van der Waals surface area contributed by atoms with Crippen LogP contribution in [0.1, 0.15) is 43.0 Å². The maximum Gasteiger partial charge on any atom is 0.176 e. The summed E-state index contributed by atoms with van der Waals surface area (Å²) in [5.41, 5.74) is 0.727. The van der Waals surface area contributed by atoms with Gasteiger partial charge in [-0.3, -0.25) is 9.69 Å². The first-order valence-corrected chi connectivity index (χ1v) is 7.11. The molecule has 98 valence electrons. The molecule has 0 unspecified atom stereocenters. The third kappa shape index (κ3) is 3.82. The van der Waals surface area contributed by atoms with Gasteiger partial charge in [-0.1, -0.05) is 37.1 Å². The lowest BCUT2D eigenvalue weighted by atomic mass is 10.1. The van der Waals surface area contributed by atoms with Crippen molar-refractivity contribution in [1.82, 2.24) is 4.90 Å². The summed E-state index contributed by atoms with van der Waals surface area (Å²) in [7, 11) is 0. The lowest BCUT2D eigenvalue weighted by Crippen LogP contribution is -2.32. The molecule has 0 radical (unpaired) electrons. The zero-order chi connectivity index (χ0) is 13.0. The van der Waals surface area contributed by atoms with Crippen molar-refractivity contribution in [2.75, 3.05) is 13.1 Å². The van der Waals surface area contributed by atoms with Crippen molar-refractivity contribution in [3.05, 3.63) is 34.9 Å². The molecule has 0 heterocycles. The fourth-order valence-corrected chi connectivity index (χ4v) is 2.32. The molecule has 1 aromatic carbocycles. The zero-order valence-electron chi connectivity index (χ0n) is 10.9. The van der Waals surface area contributed by atoms with E-state index in [2.05, 4.69) is 11.8 Å². The van der Waals surface area contributed by atoms with Crippen molar-refractivity contribution < 1.29 is 4.79 Å². The first-order valence-electron chi connectivity index (χ1n) is 6.73. The molecule has 0 saturated heterocycles. The average molecular weight is 266 g/mol. The van der Waals surface area contributed by atoms with Gasteiger partial charge in [0.25, 0.3) is 0 Å².